The molecule has 1 N–H and O–H groups in total. The molecule has 2 aromatic carbocycles. The van der Waals surface area contributed by atoms with Gasteiger partial charge in [0.05, 0.1) is 11.3 Å². The average molecular weight is 349 g/mol. The minimum atomic E-state index is -1.01. The van der Waals surface area contributed by atoms with Crippen LogP contribution in [-0.4, -0.2) is 16.1 Å². The maximum Gasteiger partial charge on any atom is 0.337 e. The molecule has 0 amide bonds. The van der Waals surface area contributed by atoms with Crippen LogP contribution in [0.1, 0.15) is 27.2 Å². The number of halogens is 1. The highest BCUT2D eigenvalue weighted by atomic mass is 19.1. The Kier molecular flexibility index (Phi) is 5.39. The highest BCUT2D eigenvalue weighted by Crippen LogP contribution is 2.22. The first kappa shape index (κ1) is 17.4. The van der Waals surface area contributed by atoms with Crippen molar-refractivity contribution in [3.63, 3.8) is 0 Å². The van der Waals surface area contributed by atoms with Crippen LogP contribution in [-0.2, 0) is 6.61 Å². The van der Waals surface area contributed by atoms with Crippen LogP contribution in [0.25, 0.3) is 12.2 Å². The van der Waals surface area contributed by atoms with Gasteiger partial charge in [0.25, 0.3) is 0 Å². The second-order valence-electron chi connectivity index (χ2n) is 5.53. The van der Waals surface area contributed by atoms with Gasteiger partial charge in [-0.25, -0.2) is 9.18 Å². The summed E-state index contributed by atoms with van der Waals surface area (Å²) in [5, 5.41) is 8.89. The van der Waals surface area contributed by atoms with Crippen molar-refractivity contribution in [2.24, 2.45) is 0 Å². The molecule has 0 saturated carbocycles. The molecule has 4 nitrogen and oxygen atoms in total. The standard InChI is InChI=1S/C21H16FNO3/c22-19-7-3-1-6-17(19)14-26-20-8-4-2-5-15(20)9-11-18-12-10-16(13-23-18)21(24)25/h1-13H,14H2,(H,24,25)/b11-9+. The smallest absolute Gasteiger partial charge is 0.337 e. The topological polar surface area (TPSA) is 59.4 Å². The summed E-state index contributed by atoms with van der Waals surface area (Å²) < 4.78 is 19.5. The van der Waals surface area contributed by atoms with E-state index in [1.54, 1.807) is 30.3 Å². The Morgan fingerprint density at radius 2 is 1.81 bits per heavy atom. The lowest BCUT2D eigenvalue weighted by atomic mass is 10.1. The quantitative estimate of drug-likeness (QED) is 0.703. The van der Waals surface area contributed by atoms with Crippen molar-refractivity contribution in [1.29, 1.82) is 0 Å². The number of pyridine rings is 1. The van der Waals surface area contributed by atoms with Gasteiger partial charge in [-0.2, -0.15) is 0 Å². The number of aromatic nitrogens is 1. The molecule has 5 heteroatoms. The second kappa shape index (κ2) is 8.07. The molecule has 0 aliphatic heterocycles. The molecule has 1 heterocycles. The Bertz CT molecular complexity index is 936. The molecule has 3 rings (SSSR count). The van der Waals surface area contributed by atoms with E-state index in [1.807, 2.05) is 30.3 Å². The van der Waals surface area contributed by atoms with Crippen LogP contribution in [0.4, 0.5) is 4.39 Å². The molecule has 0 bridgehead atoms. The highest BCUT2D eigenvalue weighted by Gasteiger charge is 2.05. The van der Waals surface area contributed by atoms with Gasteiger partial charge in [0.15, 0.2) is 0 Å². The predicted molar refractivity (Wildman–Crippen MR) is 97.3 cm³/mol. The lowest BCUT2D eigenvalue weighted by molar-refractivity contribution is 0.0696. The maximum absolute atomic E-state index is 13.7. The van der Waals surface area contributed by atoms with Crippen molar-refractivity contribution < 1.29 is 19.0 Å². The maximum atomic E-state index is 13.7. The van der Waals surface area contributed by atoms with Gasteiger partial charge in [0, 0.05) is 17.3 Å². The van der Waals surface area contributed by atoms with Crippen molar-refractivity contribution in [3.05, 3.63) is 95.1 Å². The van der Waals surface area contributed by atoms with Gasteiger partial charge >= 0.3 is 5.97 Å². The molecular formula is C21H16FNO3. The van der Waals surface area contributed by atoms with Crippen molar-refractivity contribution in [3.8, 4) is 5.75 Å². The van der Waals surface area contributed by atoms with Crippen LogP contribution in [0.3, 0.4) is 0 Å². The second-order valence-corrected chi connectivity index (χ2v) is 5.53. The van der Waals surface area contributed by atoms with Gasteiger partial charge in [-0.05, 0) is 36.4 Å². The van der Waals surface area contributed by atoms with E-state index >= 15 is 0 Å². The largest absolute Gasteiger partial charge is 0.488 e. The third kappa shape index (κ3) is 4.33. The fraction of sp³-hybridized carbons (Fsp3) is 0.0476. The van der Waals surface area contributed by atoms with E-state index in [4.69, 9.17) is 9.84 Å². The first-order valence-corrected chi connectivity index (χ1v) is 7.96. The molecule has 0 aliphatic carbocycles. The molecule has 0 radical (unpaired) electrons. The Morgan fingerprint density at radius 3 is 2.54 bits per heavy atom. The molecule has 3 aromatic rings. The molecule has 0 spiro atoms. The van der Waals surface area contributed by atoms with Crippen molar-refractivity contribution in [2.45, 2.75) is 6.61 Å². The van der Waals surface area contributed by atoms with Crippen molar-refractivity contribution >= 4 is 18.1 Å². The number of hydrogen-bond donors (Lipinski definition) is 1. The lowest BCUT2D eigenvalue weighted by Gasteiger charge is -2.09. The number of ether oxygens (including phenoxy) is 1. The van der Waals surface area contributed by atoms with Gasteiger partial charge < -0.3 is 9.84 Å². The minimum Gasteiger partial charge on any atom is -0.488 e. The molecule has 0 unspecified atom stereocenters. The Labute approximate surface area is 150 Å². The van der Waals surface area contributed by atoms with E-state index in [1.165, 1.54) is 18.3 Å². The predicted octanol–water partition coefficient (Wildman–Crippen LogP) is 4.67. The lowest BCUT2D eigenvalue weighted by Crippen LogP contribution is -1.99. The number of hydrogen-bond acceptors (Lipinski definition) is 3. The molecule has 0 saturated heterocycles. The molecule has 26 heavy (non-hydrogen) atoms. The zero-order valence-electron chi connectivity index (χ0n) is 13.8. The first-order chi connectivity index (χ1) is 12.6. The monoisotopic (exact) mass is 349 g/mol. The van der Waals surface area contributed by atoms with Crippen LogP contribution in [0.2, 0.25) is 0 Å². The molecule has 0 atom stereocenters. The van der Waals surface area contributed by atoms with E-state index in [0.29, 0.717) is 17.0 Å². The Hall–Kier alpha value is -3.47. The van der Waals surface area contributed by atoms with Crippen molar-refractivity contribution in [1.82, 2.24) is 4.98 Å². The van der Waals surface area contributed by atoms with E-state index in [0.717, 1.165) is 5.56 Å². The number of aromatic carboxylic acids is 1. The number of carbonyl (C=O) groups is 1. The summed E-state index contributed by atoms with van der Waals surface area (Å²) in [6.45, 7) is 0.128. The zero-order chi connectivity index (χ0) is 18.4. The van der Waals surface area contributed by atoms with E-state index < -0.39 is 5.97 Å². The fourth-order valence-corrected chi connectivity index (χ4v) is 2.33. The minimum absolute atomic E-state index is 0.128. The van der Waals surface area contributed by atoms with E-state index in [-0.39, 0.29) is 18.0 Å². The van der Waals surface area contributed by atoms with E-state index in [2.05, 4.69) is 4.98 Å². The zero-order valence-corrected chi connectivity index (χ0v) is 13.8. The fourth-order valence-electron chi connectivity index (χ4n) is 2.33. The highest BCUT2D eigenvalue weighted by molar-refractivity contribution is 5.87. The van der Waals surface area contributed by atoms with Gasteiger partial charge in [-0.3, -0.25) is 4.98 Å². The summed E-state index contributed by atoms with van der Waals surface area (Å²) in [5.41, 5.74) is 2.06. The summed E-state index contributed by atoms with van der Waals surface area (Å²) >= 11 is 0. The Morgan fingerprint density at radius 1 is 1.04 bits per heavy atom. The van der Waals surface area contributed by atoms with Crippen LogP contribution < -0.4 is 4.74 Å². The van der Waals surface area contributed by atoms with Gasteiger partial charge in [-0.1, -0.05) is 36.4 Å². The number of carboxylic acid groups (broad SMARTS) is 1. The Balaban J connectivity index is 1.74. The number of nitrogens with zero attached hydrogens (tertiary/aromatic N) is 1. The summed E-state index contributed by atoms with van der Waals surface area (Å²) in [6.07, 6.45) is 4.89. The van der Waals surface area contributed by atoms with Gasteiger partial charge in [0.1, 0.15) is 18.2 Å². The molecule has 0 fully saturated rings. The van der Waals surface area contributed by atoms with E-state index in [9.17, 15) is 9.18 Å². The van der Waals surface area contributed by atoms with Crippen LogP contribution in [0.15, 0.2) is 66.9 Å². The molecule has 0 aliphatic rings. The summed E-state index contributed by atoms with van der Waals surface area (Å²) in [5.74, 6) is -0.697. The van der Waals surface area contributed by atoms with Crippen LogP contribution >= 0.6 is 0 Å². The third-order valence-electron chi connectivity index (χ3n) is 3.73. The molecule has 130 valence electrons. The van der Waals surface area contributed by atoms with Gasteiger partial charge in [-0.15, -0.1) is 0 Å². The normalized spacial score (nSPS) is 10.8. The van der Waals surface area contributed by atoms with Gasteiger partial charge in [0.2, 0.25) is 0 Å². The SMILES string of the molecule is O=C(O)c1ccc(/C=C/c2ccccc2OCc2ccccc2F)nc1. The number of rotatable bonds is 6. The van der Waals surface area contributed by atoms with Crippen LogP contribution in [0, 0.1) is 5.82 Å². The summed E-state index contributed by atoms with van der Waals surface area (Å²) in [7, 11) is 0. The number of benzene rings is 2. The number of carboxylic acids is 1. The van der Waals surface area contributed by atoms with Crippen LogP contribution in [0.5, 0.6) is 5.75 Å². The molecule has 1 aromatic heterocycles. The van der Waals surface area contributed by atoms with Crippen molar-refractivity contribution in [2.75, 3.05) is 0 Å². The number of para-hydroxylation sites is 1. The summed E-state index contributed by atoms with van der Waals surface area (Å²) in [4.78, 5) is 14.9. The molecular weight excluding hydrogens is 333 g/mol. The third-order valence-corrected chi connectivity index (χ3v) is 3.73. The average Bonchev–Trinajstić information content (AvgIpc) is 2.66. The first-order valence-electron chi connectivity index (χ1n) is 7.96. The summed E-state index contributed by atoms with van der Waals surface area (Å²) in [6, 6.07) is 17.0.